The van der Waals surface area contributed by atoms with Crippen molar-refractivity contribution in [2.45, 2.75) is 56.5 Å². The van der Waals surface area contributed by atoms with E-state index < -0.39 is 0 Å². The zero-order valence-corrected chi connectivity index (χ0v) is 18.0. The van der Waals surface area contributed by atoms with Gasteiger partial charge in [0, 0.05) is 36.4 Å². The number of nitrogens with zero attached hydrogens (tertiary/aromatic N) is 4. The highest BCUT2D eigenvalue weighted by atomic mass is 35.5. The minimum atomic E-state index is 0.191. The van der Waals surface area contributed by atoms with E-state index in [-0.39, 0.29) is 5.92 Å². The van der Waals surface area contributed by atoms with Crippen LogP contribution in [0.1, 0.15) is 54.7 Å². The molecule has 2 fully saturated rings. The molecule has 1 saturated heterocycles. The number of halogens is 2. The third-order valence-corrected chi connectivity index (χ3v) is 7.32. The summed E-state index contributed by atoms with van der Waals surface area (Å²) < 4.78 is 8.20. The van der Waals surface area contributed by atoms with Crippen LogP contribution < -0.4 is 4.74 Å². The molecule has 3 heterocycles. The fourth-order valence-corrected chi connectivity index (χ4v) is 5.34. The third kappa shape index (κ3) is 3.69. The van der Waals surface area contributed by atoms with E-state index in [9.17, 15) is 0 Å². The zero-order valence-electron chi connectivity index (χ0n) is 16.5. The van der Waals surface area contributed by atoms with Crippen molar-refractivity contribution >= 4 is 23.2 Å². The Morgan fingerprint density at radius 1 is 1.10 bits per heavy atom. The Morgan fingerprint density at radius 2 is 1.90 bits per heavy atom. The van der Waals surface area contributed by atoms with E-state index in [1.54, 1.807) is 12.1 Å². The molecule has 2 aromatic rings. The average molecular weight is 433 g/mol. The first-order valence-corrected chi connectivity index (χ1v) is 11.3. The Bertz CT molecular complexity index is 916. The molecule has 0 amide bonds. The number of aromatic nitrogens is 3. The lowest BCUT2D eigenvalue weighted by Crippen LogP contribution is -2.35. The Kier molecular flexibility index (Phi) is 5.31. The fraction of sp³-hybridized carbons (Fsp3) is 0.545. The standard InChI is InChI=1S/C22H26Cl2N4O/c1-2-11-29-18-6-5-17(23)21(24)20(18)15-12-19-25-26-22(28(19)13-15)14-7-9-27(10-8-14)16-3-4-16/h2,5-6,14-16H,1,3-4,7-13H2. The number of rotatable bonds is 6. The molecule has 0 bridgehead atoms. The van der Waals surface area contributed by atoms with Gasteiger partial charge in [0.25, 0.3) is 0 Å². The van der Waals surface area contributed by atoms with E-state index in [2.05, 4.69) is 26.2 Å². The second-order valence-electron chi connectivity index (χ2n) is 8.40. The second-order valence-corrected chi connectivity index (χ2v) is 9.19. The van der Waals surface area contributed by atoms with Gasteiger partial charge in [-0.05, 0) is 50.9 Å². The van der Waals surface area contributed by atoms with Gasteiger partial charge in [0.15, 0.2) is 0 Å². The van der Waals surface area contributed by atoms with Gasteiger partial charge in [0.05, 0.1) is 10.0 Å². The lowest BCUT2D eigenvalue weighted by atomic mass is 9.95. The maximum atomic E-state index is 6.62. The van der Waals surface area contributed by atoms with Crippen LogP contribution in [0.4, 0.5) is 0 Å². The number of ether oxygens (including phenoxy) is 1. The summed E-state index contributed by atoms with van der Waals surface area (Å²) in [6.07, 6.45) is 7.64. The van der Waals surface area contributed by atoms with Gasteiger partial charge in [-0.1, -0.05) is 35.9 Å². The fourth-order valence-electron chi connectivity index (χ4n) is 4.87. The molecule has 3 aliphatic rings. The minimum absolute atomic E-state index is 0.191. The van der Waals surface area contributed by atoms with Crippen molar-refractivity contribution in [2.75, 3.05) is 19.7 Å². The summed E-state index contributed by atoms with van der Waals surface area (Å²) >= 11 is 13.0. The summed E-state index contributed by atoms with van der Waals surface area (Å²) in [5, 5.41) is 10.2. The smallest absolute Gasteiger partial charge is 0.136 e. The van der Waals surface area contributed by atoms with Gasteiger partial charge in [-0.25, -0.2) is 0 Å². The van der Waals surface area contributed by atoms with Crippen LogP contribution in [0, 0.1) is 0 Å². The molecule has 0 spiro atoms. The molecular weight excluding hydrogens is 407 g/mol. The summed E-state index contributed by atoms with van der Waals surface area (Å²) in [5.41, 5.74) is 0.973. The van der Waals surface area contributed by atoms with Crippen molar-refractivity contribution in [1.29, 1.82) is 0 Å². The van der Waals surface area contributed by atoms with Crippen LogP contribution in [-0.2, 0) is 13.0 Å². The zero-order chi connectivity index (χ0) is 20.0. The monoisotopic (exact) mass is 432 g/mol. The molecule has 0 radical (unpaired) electrons. The average Bonchev–Trinajstić information content (AvgIpc) is 3.39. The number of fused-ring (bicyclic) bond motifs is 1. The van der Waals surface area contributed by atoms with E-state index in [1.165, 1.54) is 38.8 Å². The quantitative estimate of drug-likeness (QED) is 0.612. The van der Waals surface area contributed by atoms with E-state index in [0.717, 1.165) is 42.0 Å². The molecule has 1 unspecified atom stereocenters. The van der Waals surface area contributed by atoms with Crippen LogP contribution >= 0.6 is 23.2 Å². The first-order valence-electron chi connectivity index (χ1n) is 10.5. The van der Waals surface area contributed by atoms with E-state index >= 15 is 0 Å². The highest BCUT2D eigenvalue weighted by Gasteiger charge is 2.36. The van der Waals surface area contributed by atoms with E-state index in [0.29, 0.717) is 22.6 Å². The number of hydrogen-bond donors (Lipinski definition) is 0. The second kappa shape index (κ2) is 7.93. The van der Waals surface area contributed by atoms with Crippen molar-refractivity contribution in [3.63, 3.8) is 0 Å². The van der Waals surface area contributed by atoms with Gasteiger partial charge in [-0.3, -0.25) is 0 Å². The summed E-state index contributed by atoms with van der Waals surface area (Å²) in [5.74, 6) is 3.65. The first-order chi connectivity index (χ1) is 14.2. The van der Waals surface area contributed by atoms with Crippen molar-refractivity contribution in [3.05, 3.63) is 52.0 Å². The Balaban J connectivity index is 1.36. The predicted octanol–water partition coefficient (Wildman–Crippen LogP) is 4.83. The summed E-state index contributed by atoms with van der Waals surface area (Å²) in [6.45, 7) is 7.37. The lowest BCUT2D eigenvalue weighted by Gasteiger charge is -2.31. The number of piperidine rings is 1. The molecule has 5 rings (SSSR count). The highest BCUT2D eigenvalue weighted by Crippen LogP contribution is 2.43. The van der Waals surface area contributed by atoms with Crippen molar-refractivity contribution in [2.24, 2.45) is 0 Å². The molecule has 1 aromatic heterocycles. The molecule has 5 nitrogen and oxygen atoms in total. The lowest BCUT2D eigenvalue weighted by molar-refractivity contribution is 0.199. The predicted molar refractivity (Wildman–Crippen MR) is 115 cm³/mol. The number of hydrogen-bond acceptors (Lipinski definition) is 4. The largest absolute Gasteiger partial charge is 0.489 e. The van der Waals surface area contributed by atoms with Crippen molar-refractivity contribution in [3.8, 4) is 5.75 Å². The summed E-state index contributed by atoms with van der Waals surface area (Å²) in [7, 11) is 0. The highest BCUT2D eigenvalue weighted by molar-refractivity contribution is 6.42. The number of benzene rings is 1. The third-order valence-electron chi connectivity index (χ3n) is 6.50. The molecular formula is C22H26Cl2N4O. The van der Waals surface area contributed by atoms with Crippen LogP contribution in [0.2, 0.25) is 10.0 Å². The maximum absolute atomic E-state index is 6.62. The van der Waals surface area contributed by atoms with Crippen LogP contribution in [-0.4, -0.2) is 45.4 Å². The van der Waals surface area contributed by atoms with E-state index in [1.807, 2.05) is 6.07 Å². The van der Waals surface area contributed by atoms with Gasteiger partial charge < -0.3 is 14.2 Å². The SMILES string of the molecule is C=CCOc1ccc(Cl)c(Cl)c1C1Cc2nnc(C3CCN(C4CC4)CC3)n2C1. The molecule has 7 heteroatoms. The van der Waals surface area contributed by atoms with Gasteiger partial charge >= 0.3 is 0 Å². The van der Waals surface area contributed by atoms with Crippen molar-refractivity contribution in [1.82, 2.24) is 19.7 Å². The van der Waals surface area contributed by atoms with E-state index in [4.69, 9.17) is 27.9 Å². The van der Waals surface area contributed by atoms with Crippen molar-refractivity contribution < 1.29 is 4.74 Å². The normalized spacial score (nSPS) is 22.6. The topological polar surface area (TPSA) is 43.2 Å². The molecule has 1 aromatic carbocycles. The molecule has 2 aliphatic heterocycles. The van der Waals surface area contributed by atoms with Crippen LogP contribution in [0.25, 0.3) is 0 Å². The van der Waals surface area contributed by atoms with Crippen LogP contribution in [0.3, 0.4) is 0 Å². The van der Waals surface area contributed by atoms with Gasteiger partial charge in [0.2, 0.25) is 0 Å². The van der Waals surface area contributed by atoms with Gasteiger partial charge in [-0.15, -0.1) is 10.2 Å². The summed E-state index contributed by atoms with van der Waals surface area (Å²) in [6, 6.07) is 4.55. The molecule has 0 N–H and O–H groups in total. The Morgan fingerprint density at radius 3 is 2.62 bits per heavy atom. The van der Waals surface area contributed by atoms with Crippen LogP contribution in [0.15, 0.2) is 24.8 Å². The minimum Gasteiger partial charge on any atom is -0.489 e. The molecule has 1 atom stereocenters. The van der Waals surface area contributed by atoms with Gasteiger partial charge in [-0.2, -0.15) is 0 Å². The van der Waals surface area contributed by atoms with Gasteiger partial charge in [0.1, 0.15) is 24.0 Å². The first kappa shape index (κ1) is 19.4. The molecule has 154 valence electrons. The Hall–Kier alpha value is -1.56. The number of likely N-dealkylation sites (tertiary alicyclic amines) is 1. The maximum Gasteiger partial charge on any atom is 0.136 e. The molecule has 1 aliphatic carbocycles. The Labute approximate surface area is 181 Å². The van der Waals surface area contributed by atoms with Crippen LogP contribution in [0.5, 0.6) is 5.75 Å². The molecule has 29 heavy (non-hydrogen) atoms. The molecule has 1 saturated carbocycles. The summed E-state index contributed by atoms with van der Waals surface area (Å²) in [4.78, 5) is 2.65.